The highest BCUT2D eigenvalue weighted by Crippen LogP contribution is 2.23. The fraction of sp³-hybridized carbons (Fsp3) is 0.0750. The van der Waals surface area contributed by atoms with Crippen molar-refractivity contribution in [1.29, 1.82) is 0 Å². The van der Waals surface area contributed by atoms with E-state index < -0.39 is 11.5 Å². The average Bonchev–Trinajstić information content (AvgIpc) is 3.95. The summed E-state index contributed by atoms with van der Waals surface area (Å²) < 4.78 is 21.4. The molecule has 0 fully saturated rings. The Kier molecular flexibility index (Phi) is 19.5. The van der Waals surface area contributed by atoms with E-state index in [-0.39, 0.29) is 5.34 Å². The summed E-state index contributed by atoms with van der Waals surface area (Å²) in [5.74, 6) is 2.54. The van der Waals surface area contributed by atoms with Crippen LogP contribution < -0.4 is 18.9 Å². The fourth-order valence-corrected chi connectivity index (χ4v) is 4.18. The molecule has 278 valence electrons. The molecule has 0 unspecified atom stereocenters. The van der Waals surface area contributed by atoms with E-state index in [0.29, 0.717) is 17.2 Å². The van der Waals surface area contributed by atoms with Gasteiger partial charge in [0.1, 0.15) is 29.3 Å². The third-order valence-electron chi connectivity index (χ3n) is 6.49. The molecule has 4 aromatic carbocycles. The number of alkyl halides is 2. The monoisotopic (exact) mass is 787 g/mol. The molecule has 0 saturated heterocycles. The number of halogens is 3. The fourth-order valence-electron chi connectivity index (χ4n) is 4.09. The summed E-state index contributed by atoms with van der Waals surface area (Å²) in [4.78, 5) is 37.2. The molecule has 0 atom stereocenters. The van der Waals surface area contributed by atoms with Gasteiger partial charge in [-0.05, 0) is 60.7 Å². The van der Waals surface area contributed by atoms with E-state index in [1.54, 1.807) is 93.9 Å². The number of hydrogen-bond acceptors (Lipinski definition) is 9. The summed E-state index contributed by atoms with van der Waals surface area (Å²) in [7, 11) is 3.26. The minimum Gasteiger partial charge on any atom is -0.497 e. The summed E-state index contributed by atoms with van der Waals surface area (Å²) in [6, 6.07) is 38.6. The van der Waals surface area contributed by atoms with Gasteiger partial charge in [0, 0.05) is 41.3 Å². The first-order valence-corrected chi connectivity index (χ1v) is 17.3. The number of aromatic nitrogens is 5. The first-order valence-electron chi connectivity index (χ1n) is 15.8. The largest absolute Gasteiger partial charge is 0.497 e. The Bertz CT molecular complexity index is 2030. The van der Waals surface area contributed by atoms with Gasteiger partial charge in [-0.2, -0.15) is 0 Å². The number of ether oxygens (including phenoxy) is 4. The van der Waals surface area contributed by atoms with Gasteiger partial charge in [-0.15, -0.1) is 23.2 Å². The van der Waals surface area contributed by atoms with Crippen molar-refractivity contribution in [3.8, 4) is 45.5 Å². The highest BCUT2D eigenvalue weighted by Gasteiger charge is 2.11. The molecule has 1 N–H and O–H groups in total. The van der Waals surface area contributed by atoms with Gasteiger partial charge in [-0.3, -0.25) is 4.98 Å². The van der Waals surface area contributed by atoms with Crippen LogP contribution in [0.5, 0.6) is 23.0 Å². The molecule has 0 amide bonds. The molecule has 0 aliphatic carbocycles. The molecular formula is C40H36Cl3N5O6. The van der Waals surface area contributed by atoms with E-state index in [0.717, 1.165) is 28.3 Å². The van der Waals surface area contributed by atoms with Crippen molar-refractivity contribution < 1.29 is 28.5 Å². The van der Waals surface area contributed by atoms with Gasteiger partial charge in [0.05, 0.1) is 43.5 Å². The first-order chi connectivity index (χ1) is 26.4. The minimum absolute atomic E-state index is 0.194. The standard InChI is InChI=1S/C17H14N2O3.C10H10N2O.C7H5ClO2.C5H5N.CH2Cl2/c1-21-15-9-5-6-13(10-15)16-11-19(12-18-16)17(20)22-14-7-3-2-4-8-14;1-13-9-4-2-3-8(5-9)10-6-11-7-12-10;8-7(9)10-6-4-2-1-3-5-6;1-2-4-6-5-3-1;2-1-3/h2-12H,1H3;2-7H,1H3,(H,11,12);1-5H;1-5H;1H2. The number of aromatic amines is 1. The number of carbonyl (C=O) groups is 2. The molecule has 0 saturated carbocycles. The number of methoxy groups -OCH3 is 2. The van der Waals surface area contributed by atoms with Crippen molar-refractivity contribution in [3.05, 3.63) is 165 Å². The molecule has 7 rings (SSSR count). The van der Waals surface area contributed by atoms with Crippen LogP contribution in [0.1, 0.15) is 0 Å². The van der Waals surface area contributed by atoms with E-state index in [1.165, 1.54) is 10.9 Å². The van der Waals surface area contributed by atoms with Crippen LogP contribution in [0.15, 0.2) is 165 Å². The van der Waals surface area contributed by atoms with Gasteiger partial charge in [0.2, 0.25) is 0 Å². The van der Waals surface area contributed by atoms with E-state index in [2.05, 4.69) is 24.7 Å². The van der Waals surface area contributed by atoms with Crippen LogP contribution in [0.25, 0.3) is 22.5 Å². The van der Waals surface area contributed by atoms with Gasteiger partial charge >= 0.3 is 11.5 Å². The van der Waals surface area contributed by atoms with Gasteiger partial charge in [0.15, 0.2) is 0 Å². The number of H-pyrrole nitrogens is 1. The van der Waals surface area contributed by atoms with Crippen LogP contribution in [0, 0.1) is 0 Å². The lowest BCUT2D eigenvalue weighted by Crippen LogP contribution is -2.14. The number of pyridine rings is 1. The smallest absolute Gasteiger partial charge is 0.424 e. The Morgan fingerprint density at radius 3 is 1.67 bits per heavy atom. The molecule has 11 nitrogen and oxygen atoms in total. The zero-order chi connectivity index (χ0) is 38.8. The summed E-state index contributed by atoms with van der Waals surface area (Å²) >= 11 is 14.5. The van der Waals surface area contributed by atoms with Gasteiger partial charge in [0.25, 0.3) is 0 Å². The van der Waals surface area contributed by atoms with E-state index in [9.17, 15) is 9.59 Å². The second-order valence-electron chi connectivity index (χ2n) is 10.1. The van der Waals surface area contributed by atoms with Crippen molar-refractivity contribution in [2.24, 2.45) is 0 Å². The predicted molar refractivity (Wildman–Crippen MR) is 212 cm³/mol. The molecule has 54 heavy (non-hydrogen) atoms. The highest BCUT2D eigenvalue weighted by atomic mass is 35.5. The van der Waals surface area contributed by atoms with Crippen molar-refractivity contribution in [3.63, 3.8) is 0 Å². The summed E-state index contributed by atoms with van der Waals surface area (Å²) in [6.45, 7) is 0. The number of carbonyl (C=O) groups excluding carboxylic acids is 2. The van der Waals surface area contributed by atoms with Crippen molar-refractivity contribution in [2.45, 2.75) is 0 Å². The van der Waals surface area contributed by atoms with E-state index in [1.807, 2.05) is 78.9 Å². The van der Waals surface area contributed by atoms with Crippen molar-refractivity contribution in [2.75, 3.05) is 19.6 Å². The molecule has 14 heteroatoms. The third kappa shape index (κ3) is 16.0. The lowest BCUT2D eigenvalue weighted by Gasteiger charge is -2.03. The van der Waals surface area contributed by atoms with Gasteiger partial charge in [-0.1, -0.05) is 66.7 Å². The highest BCUT2D eigenvalue weighted by molar-refractivity contribution is 6.61. The molecule has 0 spiro atoms. The zero-order valence-corrected chi connectivity index (χ0v) is 31.4. The number of hydrogen-bond donors (Lipinski definition) is 1. The Balaban J connectivity index is 0.000000208. The molecule has 7 aromatic rings. The topological polar surface area (TPSA) is 130 Å². The van der Waals surface area contributed by atoms with E-state index >= 15 is 0 Å². The Hall–Kier alpha value is -6.14. The number of nitrogens with one attached hydrogen (secondary N) is 1. The maximum Gasteiger partial charge on any atom is 0.424 e. The number of nitrogens with zero attached hydrogens (tertiary/aromatic N) is 4. The lowest BCUT2D eigenvalue weighted by atomic mass is 10.1. The third-order valence-corrected chi connectivity index (χ3v) is 6.57. The predicted octanol–water partition coefficient (Wildman–Crippen LogP) is 10.6. The van der Waals surface area contributed by atoms with Crippen LogP contribution in [0.4, 0.5) is 9.59 Å². The molecule has 0 aliphatic heterocycles. The van der Waals surface area contributed by atoms with Crippen LogP contribution in [0.2, 0.25) is 0 Å². The lowest BCUT2D eigenvalue weighted by molar-refractivity contribution is 0.202. The normalized spacial score (nSPS) is 9.43. The average molecular weight is 789 g/mol. The van der Waals surface area contributed by atoms with Gasteiger partial charge in [-0.25, -0.2) is 24.1 Å². The Morgan fingerprint density at radius 2 is 1.19 bits per heavy atom. The second-order valence-corrected chi connectivity index (χ2v) is 11.2. The molecule has 3 aromatic heterocycles. The molecule has 0 aliphatic rings. The van der Waals surface area contributed by atoms with Gasteiger partial charge < -0.3 is 23.9 Å². The summed E-state index contributed by atoms with van der Waals surface area (Å²) in [5, 5.41) is 0.194. The summed E-state index contributed by atoms with van der Waals surface area (Å²) in [6.07, 6.45) is 9.50. The molecule has 3 heterocycles. The molecule has 0 bridgehead atoms. The van der Waals surface area contributed by atoms with Crippen LogP contribution in [-0.4, -0.2) is 55.6 Å². The Labute approximate surface area is 328 Å². The second kappa shape index (κ2) is 24.9. The molecule has 0 radical (unpaired) electrons. The maximum absolute atomic E-state index is 12.1. The minimum atomic E-state index is -0.814. The van der Waals surface area contributed by atoms with Crippen LogP contribution in [0.3, 0.4) is 0 Å². The molecular weight excluding hydrogens is 753 g/mol. The van der Waals surface area contributed by atoms with E-state index in [4.69, 9.17) is 49.0 Å². The Morgan fingerprint density at radius 1 is 0.667 bits per heavy atom. The number of rotatable bonds is 6. The SMILES string of the molecule is COc1cccc(-c2cn(C(=O)Oc3ccccc3)cn2)c1.COc1cccc(-c2cnc[nH]2)c1.ClCCl.O=C(Cl)Oc1ccccc1.c1ccncc1. The van der Waals surface area contributed by atoms with Crippen LogP contribution >= 0.6 is 34.8 Å². The summed E-state index contributed by atoms with van der Waals surface area (Å²) in [5.41, 5.74) is 2.80. The van der Waals surface area contributed by atoms with Crippen molar-refractivity contribution >= 4 is 46.3 Å². The number of para-hydroxylation sites is 2. The zero-order valence-electron chi connectivity index (χ0n) is 29.2. The number of benzene rings is 4. The van der Waals surface area contributed by atoms with Crippen molar-refractivity contribution in [1.82, 2.24) is 24.5 Å². The number of imidazole rings is 2. The quantitative estimate of drug-likeness (QED) is 0.129. The first kappa shape index (κ1) is 42.3. The maximum atomic E-state index is 12.1. The van der Waals surface area contributed by atoms with Crippen LogP contribution in [-0.2, 0) is 0 Å².